The van der Waals surface area contributed by atoms with E-state index in [0.717, 1.165) is 36.3 Å². The number of hydrogen-bond acceptors (Lipinski definition) is 3. The Balaban J connectivity index is 1.91. The zero-order chi connectivity index (χ0) is 13.1. The normalized spacial score (nSPS) is 15.5. The number of halogens is 1. The summed E-state index contributed by atoms with van der Waals surface area (Å²) in [6.45, 7) is 3.53. The van der Waals surface area contributed by atoms with Gasteiger partial charge in [-0.25, -0.2) is 0 Å². The van der Waals surface area contributed by atoms with Gasteiger partial charge in [-0.2, -0.15) is 0 Å². The van der Waals surface area contributed by atoms with Crippen molar-refractivity contribution in [3.8, 4) is 11.1 Å². The van der Waals surface area contributed by atoms with Gasteiger partial charge in [0.2, 0.25) is 0 Å². The lowest BCUT2D eigenvalue weighted by molar-refractivity contribution is 0.122. The van der Waals surface area contributed by atoms with Crippen LogP contribution in [0, 0.1) is 0 Å². The molecule has 0 aliphatic carbocycles. The van der Waals surface area contributed by atoms with E-state index in [1.54, 1.807) is 6.20 Å². The Morgan fingerprint density at radius 3 is 2.68 bits per heavy atom. The van der Waals surface area contributed by atoms with Crippen molar-refractivity contribution < 1.29 is 4.74 Å². The van der Waals surface area contributed by atoms with Crippen molar-refractivity contribution in [2.45, 2.75) is 0 Å². The molecule has 0 radical (unpaired) electrons. The molecule has 1 aliphatic rings. The molecule has 19 heavy (non-hydrogen) atoms. The number of benzene rings is 1. The van der Waals surface area contributed by atoms with Gasteiger partial charge < -0.3 is 9.64 Å². The number of pyridine rings is 1. The number of ether oxygens (including phenoxy) is 1. The largest absolute Gasteiger partial charge is 0.378 e. The Hall–Kier alpha value is -1.39. The van der Waals surface area contributed by atoms with Crippen LogP contribution >= 0.6 is 15.9 Å². The van der Waals surface area contributed by atoms with Gasteiger partial charge in [-0.3, -0.25) is 4.98 Å². The van der Waals surface area contributed by atoms with E-state index in [9.17, 15) is 0 Å². The summed E-state index contributed by atoms with van der Waals surface area (Å²) in [5.41, 5.74) is 3.57. The molecule has 0 amide bonds. The van der Waals surface area contributed by atoms with E-state index in [1.165, 1.54) is 11.3 Å². The zero-order valence-electron chi connectivity index (χ0n) is 10.6. The minimum atomic E-state index is 0.808. The quantitative estimate of drug-likeness (QED) is 0.849. The summed E-state index contributed by atoms with van der Waals surface area (Å²) in [5, 5.41) is 0. The third kappa shape index (κ3) is 2.96. The van der Waals surface area contributed by atoms with Gasteiger partial charge in [-0.1, -0.05) is 12.1 Å². The number of rotatable bonds is 2. The second-order valence-corrected chi connectivity index (χ2v) is 5.46. The highest BCUT2D eigenvalue weighted by atomic mass is 79.9. The van der Waals surface area contributed by atoms with Crippen molar-refractivity contribution in [2.75, 3.05) is 31.2 Å². The van der Waals surface area contributed by atoms with Crippen molar-refractivity contribution in [3.63, 3.8) is 0 Å². The SMILES string of the molecule is Brc1cncc(-c2cccc(N3CCOCC3)c2)c1. The molecule has 3 rings (SSSR count). The zero-order valence-corrected chi connectivity index (χ0v) is 12.1. The lowest BCUT2D eigenvalue weighted by atomic mass is 10.1. The number of hydrogen-bond donors (Lipinski definition) is 0. The molecule has 1 saturated heterocycles. The van der Waals surface area contributed by atoms with Crippen molar-refractivity contribution in [2.24, 2.45) is 0 Å². The van der Waals surface area contributed by atoms with Crippen molar-refractivity contribution >= 4 is 21.6 Å². The van der Waals surface area contributed by atoms with Crippen LogP contribution in [-0.2, 0) is 4.74 Å². The van der Waals surface area contributed by atoms with E-state index in [-0.39, 0.29) is 0 Å². The summed E-state index contributed by atoms with van der Waals surface area (Å²) in [7, 11) is 0. The van der Waals surface area contributed by atoms with Crippen LogP contribution in [-0.4, -0.2) is 31.3 Å². The number of aromatic nitrogens is 1. The summed E-state index contributed by atoms with van der Waals surface area (Å²) >= 11 is 3.47. The second-order valence-electron chi connectivity index (χ2n) is 4.54. The fraction of sp³-hybridized carbons (Fsp3) is 0.267. The van der Waals surface area contributed by atoms with E-state index < -0.39 is 0 Å². The molecule has 2 aromatic rings. The van der Waals surface area contributed by atoms with Gasteiger partial charge >= 0.3 is 0 Å². The first kappa shape index (κ1) is 12.6. The number of morpholine rings is 1. The van der Waals surface area contributed by atoms with E-state index in [2.05, 4.69) is 56.1 Å². The van der Waals surface area contributed by atoms with Crippen LogP contribution in [0.15, 0.2) is 47.2 Å². The number of nitrogens with zero attached hydrogens (tertiary/aromatic N) is 2. The van der Waals surface area contributed by atoms with Gasteiger partial charge in [0, 0.05) is 41.2 Å². The highest BCUT2D eigenvalue weighted by Gasteiger charge is 2.11. The summed E-state index contributed by atoms with van der Waals surface area (Å²) in [5.74, 6) is 0. The van der Waals surface area contributed by atoms with Crippen LogP contribution in [0.25, 0.3) is 11.1 Å². The molecule has 0 atom stereocenters. The summed E-state index contributed by atoms with van der Waals surface area (Å²) in [6, 6.07) is 10.7. The van der Waals surface area contributed by atoms with Gasteiger partial charge in [0.15, 0.2) is 0 Å². The van der Waals surface area contributed by atoms with E-state index >= 15 is 0 Å². The minimum Gasteiger partial charge on any atom is -0.378 e. The predicted molar refractivity (Wildman–Crippen MR) is 80.4 cm³/mol. The van der Waals surface area contributed by atoms with Crippen LogP contribution in [0.2, 0.25) is 0 Å². The van der Waals surface area contributed by atoms with E-state index in [4.69, 9.17) is 4.74 Å². The summed E-state index contributed by atoms with van der Waals surface area (Å²) < 4.78 is 6.40. The molecule has 3 nitrogen and oxygen atoms in total. The van der Waals surface area contributed by atoms with Crippen LogP contribution in [0.1, 0.15) is 0 Å². The van der Waals surface area contributed by atoms with Gasteiger partial charge in [0.1, 0.15) is 0 Å². The molecular formula is C15H15BrN2O. The van der Waals surface area contributed by atoms with Gasteiger partial charge in [-0.05, 0) is 39.7 Å². The third-order valence-corrected chi connectivity index (χ3v) is 3.69. The molecule has 1 aliphatic heterocycles. The molecule has 0 saturated carbocycles. The van der Waals surface area contributed by atoms with Gasteiger partial charge in [-0.15, -0.1) is 0 Å². The topological polar surface area (TPSA) is 25.4 Å². The van der Waals surface area contributed by atoms with Gasteiger partial charge in [0.05, 0.1) is 13.2 Å². The first-order valence-corrected chi connectivity index (χ1v) is 7.16. The van der Waals surface area contributed by atoms with Crippen LogP contribution in [0.3, 0.4) is 0 Å². The van der Waals surface area contributed by atoms with E-state index in [1.807, 2.05) is 6.20 Å². The highest BCUT2D eigenvalue weighted by molar-refractivity contribution is 9.10. The van der Waals surface area contributed by atoms with Crippen LogP contribution < -0.4 is 4.90 Å². The van der Waals surface area contributed by atoms with Crippen LogP contribution in [0.4, 0.5) is 5.69 Å². The molecule has 1 fully saturated rings. The third-order valence-electron chi connectivity index (χ3n) is 3.26. The Morgan fingerprint density at radius 2 is 1.89 bits per heavy atom. The smallest absolute Gasteiger partial charge is 0.0642 e. The van der Waals surface area contributed by atoms with E-state index in [0.29, 0.717) is 0 Å². The fourth-order valence-electron chi connectivity index (χ4n) is 2.27. The maximum atomic E-state index is 5.39. The predicted octanol–water partition coefficient (Wildman–Crippen LogP) is 3.35. The van der Waals surface area contributed by atoms with Crippen molar-refractivity contribution in [3.05, 3.63) is 47.2 Å². The molecule has 0 N–H and O–H groups in total. The lowest BCUT2D eigenvalue weighted by Gasteiger charge is -2.29. The molecule has 1 aromatic heterocycles. The minimum absolute atomic E-state index is 0.808. The summed E-state index contributed by atoms with van der Waals surface area (Å²) in [4.78, 5) is 6.58. The maximum Gasteiger partial charge on any atom is 0.0642 e. The van der Waals surface area contributed by atoms with Crippen LogP contribution in [0.5, 0.6) is 0 Å². The molecule has 4 heteroatoms. The molecule has 0 bridgehead atoms. The fourth-order valence-corrected chi connectivity index (χ4v) is 2.64. The molecular weight excluding hydrogens is 304 g/mol. The lowest BCUT2D eigenvalue weighted by Crippen LogP contribution is -2.36. The Bertz CT molecular complexity index is 568. The first-order chi connectivity index (χ1) is 9.33. The first-order valence-electron chi connectivity index (χ1n) is 6.36. The second kappa shape index (κ2) is 5.72. The Labute approximate surface area is 121 Å². The monoisotopic (exact) mass is 318 g/mol. The summed E-state index contributed by atoms with van der Waals surface area (Å²) in [6.07, 6.45) is 3.69. The Kier molecular flexibility index (Phi) is 3.80. The molecule has 0 unspecified atom stereocenters. The van der Waals surface area contributed by atoms with Gasteiger partial charge in [0.25, 0.3) is 0 Å². The molecule has 2 heterocycles. The average Bonchev–Trinajstić information content (AvgIpc) is 2.48. The standard InChI is InChI=1S/C15H15BrN2O/c16-14-8-13(10-17-11-14)12-2-1-3-15(9-12)18-4-6-19-7-5-18/h1-3,8-11H,4-7H2. The molecule has 1 aromatic carbocycles. The average molecular weight is 319 g/mol. The highest BCUT2D eigenvalue weighted by Crippen LogP contribution is 2.26. The van der Waals surface area contributed by atoms with Crippen molar-refractivity contribution in [1.29, 1.82) is 0 Å². The number of anilines is 1. The Morgan fingerprint density at radius 1 is 1.05 bits per heavy atom. The molecule has 0 spiro atoms. The molecule has 98 valence electrons. The maximum absolute atomic E-state index is 5.39. The van der Waals surface area contributed by atoms with Crippen molar-refractivity contribution in [1.82, 2.24) is 4.98 Å².